The third kappa shape index (κ3) is 4.39. The highest BCUT2D eigenvalue weighted by molar-refractivity contribution is 6.31. The molecule has 0 atom stereocenters. The van der Waals surface area contributed by atoms with E-state index in [4.69, 9.17) is 30.5 Å². The molecule has 7 nitrogen and oxygen atoms in total. The molecule has 2 aromatic carbocycles. The molecule has 2 rings (SSSR count). The van der Waals surface area contributed by atoms with Gasteiger partial charge in [0.2, 0.25) is 5.75 Å². The molecule has 2 aromatic rings. The second kappa shape index (κ2) is 8.34. The number of benzene rings is 2. The molecule has 0 aliphatic rings. The van der Waals surface area contributed by atoms with E-state index in [-0.39, 0.29) is 0 Å². The first kappa shape index (κ1) is 18.5. The molecule has 0 aromatic heterocycles. The van der Waals surface area contributed by atoms with Gasteiger partial charge in [0.05, 0.1) is 39.8 Å². The monoisotopic (exact) mass is 366 g/mol. The number of rotatable bonds is 6. The van der Waals surface area contributed by atoms with Crippen molar-refractivity contribution in [3.05, 3.63) is 35.4 Å². The molecular weight excluding hydrogens is 348 g/mol. The fourth-order valence-corrected chi connectivity index (χ4v) is 2.39. The molecule has 0 spiro atoms. The highest BCUT2D eigenvalue weighted by Crippen LogP contribution is 2.40. The molecular formula is C17H19ClN2O5. The highest BCUT2D eigenvalue weighted by Gasteiger charge is 2.15. The van der Waals surface area contributed by atoms with Crippen molar-refractivity contribution in [3.8, 4) is 23.0 Å². The number of ether oxygens (including phenoxy) is 4. The Hall–Kier alpha value is -2.80. The van der Waals surface area contributed by atoms with Gasteiger partial charge in [0.1, 0.15) is 5.75 Å². The van der Waals surface area contributed by atoms with Crippen molar-refractivity contribution in [1.29, 1.82) is 0 Å². The van der Waals surface area contributed by atoms with E-state index in [1.807, 2.05) is 0 Å². The fraction of sp³-hybridized carbons (Fsp3) is 0.235. The van der Waals surface area contributed by atoms with Gasteiger partial charge in [-0.1, -0.05) is 11.6 Å². The summed E-state index contributed by atoms with van der Waals surface area (Å²) in [6.07, 6.45) is 0. The lowest BCUT2D eigenvalue weighted by atomic mass is 10.2. The molecule has 0 unspecified atom stereocenters. The molecule has 0 saturated carbocycles. The third-order valence-electron chi connectivity index (χ3n) is 3.33. The molecule has 25 heavy (non-hydrogen) atoms. The van der Waals surface area contributed by atoms with Crippen LogP contribution in [-0.4, -0.2) is 34.5 Å². The molecule has 0 aliphatic carbocycles. The van der Waals surface area contributed by atoms with Crippen LogP contribution in [0.25, 0.3) is 0 Å². The summed E-state index contributed by atoms with van der Waals surface area (Å²) in [6.45, 7) is 0. The largest absolute Gasteiger partial charge is 0.495 e. The summed E-state index contributed by atoms with van der Waals surface area (Å²) in [5.41, 5.74) is 0.910. The van der Waals surface area contributed by atoms with Gasteiger partial charge in [-0.25, -0.2) is 4.79 Å². The lowest BCUT2D eigenvalue weighted by Crippen LogP contribution is -2.20. The Morgan fingerprint density at radius 2 is 1.44 bits per heavy atom. The fourth-order valence-electron chi connectivity index (χ4n) is 2.22. The molecule has 2 N–H and O–H groups in total. The van der Waals surface area contributed by atoms with Crippen LogP contribution in [0.15, 0.2) is 30.3 Å². The maximum Gasteiger partial charge on any atom is 0.323 e. The van der Waals surface area contributed by atoms with Crippen molar-refractivity contribution in [2.45, 2.75) is 0 Å². The summed E-state index contributed by atoms with van der Waals surface area (Å²) >= 11 is 5.96. The number of nitrogens with one attached hydrogen (secondary N) is 2. The second-order valence-electron chi connectivity index (χ2n) is 4.84. The van der Waals surface area contributed by atoms with Gasteiger partial charge in [0, 0.05) is 17.2 Å². The summed E-state index contributed by atoms with van der Waals surface area (Å²) < 4.78 is 21.0. The lowest BCUT2D eigenvalue weighted by molar-refractivity contribution is 0.262. The summed E-state index contributed by atoms with van der Waals surface area (Å²) in [4.78, 5) is 12.3. The number of hydrogen-bond acceptors (Lipinski definition) is 5. The molecule has 0 fully saturated rings. The average Bonchev–Trinajstić information content (AvgIpc) is 2.60. The van der Waals surface area contributed by atoms with E-state index < -0.39 is 6.03 Å². The summed E-state index contributed by atoms with van der Waals surface area (Å²) in [5, 5.41) is 5.86. The Labute approximate surface area is 150 Å². The van der Waals surface area contributed by atoms with E-state index in [2.05, 4.69) is 10.6 Å². The zero-order valence-electron chi connectivity index (χ0n) is 14.3. The van der Waals surface area contributed by atoms with Crippen LogP contribution in [0, 0.1) is 0 Å². The van der Waals surface area contributed by atoms with Crippen molar-refractivity contribution < 1.29 is 23.7 Å². The van der Waals surface area contributed by atoms with Gasteiger partial charge in [-0.3, -0.25) is 0 Å². The van der Waals surface area contributed by atoms with E-state index in [9.17, 15) is 4.79 Å². The molecule has 134 valence electrons. The number of methoxy groups -OCH3 is 4. The predicted molar refractivity (Wildman–Crippen MR) is 96.7 cm³/mol. The maximum atomic E-state index is 12.3. The minimum absolute atomic E-state index is 0.428. The van der Waals surface area contributed by atoms with E-state index >= 15 is 0 Å². The quantitative estimate of drug-likeness (QED) is 0.807. The molecule has 0 radical (unpaired) electrons. The van der Waals surface area contributed by atoms with Crippen LogP contribution >= 0.6 is 11.6 Å². The minimum atomic E-state index is -0.477. The van der Waals surface area contributed by atoms with Crippen LogP contribution in [0.5, 0.6) is 23.0 Å². The first-order valence-electron chi connectivity index (χ1n) is 7.24. The van der Waals surface area contributed by atoms with E-state index in [1.54, 1.807) is 30.3 Å². The Balaban J connectivity index is 2.22. The maximum absolute atomic E-state index is 12.3. The molecule has 8 heteroatoms. The Kier molecular flexibility index (Phi) is 6.19. The van der Waals surface area contributed by atoms with Crippen molar-refractivity contribution in [1.82, 2.24) is 0 Å². The SMILES string of the molecule is COc1ccc(Cl)cc1NC(=O)Nc1cc(OC)c(OC)c(OC)c1. The van der Waals surface area contributed by atoms with Crippen molar-refractivity contribution in [3.63, 3.8) is 0 Å². The van der Waals surface area contributed by atoms with Crippen molar-refractivity contribution in [2.75, 3.05) is 39.1 Å². The van der Waals surface area contributed by atoms with Gasteiger partial charge in [-0.2, -0.15) is 0 Å². The summed E-state index contributed by atoms with van der Waals surface area (Å²) in [6, 6.07) is 7.69. The second-order valence-corrected chi connectivity index (χ2v) is 5.27. The topological polar surface area (TPSA) is 78.1 Å². The zero-order valence-corrected chi connectivity index (χ0v) is 15.1. The molecule has 0 bridgehead atoms. The van der Waals surface area contributed by atoms with E-state index in [1.165, 1.54) is 28.4 Å². The number of anilines is 2. The van der Waals surface area contributed by atoms with Crippen LogP contribution < -0.4 is 29.6 Å². The third-order valence-corrected chi connectivity index (χ3v) is 3.57. The first-order valence-corrected chi connectivity index (χ1v) is 7.61. The number of carbonyl (C=O) groups is 1. The van der Waals surface area contributed by atoms with Gasteiger partial charge in [-0.05, 0) is 18.2 Å². The van der Waals surface area contributed by atoms with Gasteiger partial charge < -0.3 is 29.6 Å². The van der Waals surface area contributed by atoms with Gasteiger partial charge in [0.15, 0.2) is 11.5 Å². The molecule has 0 heterocycles. The molecule has 2 amide bonds. The molecule has 0 saturated heterocycles. The smallest absolute Gasteiger partial charge is 0.323 e. The Morgan fingerprint density at radius 3 is 1.96 bits per heavy atom. The number of amides is 2. The van der Waals surface area contributed by atoms with Crippen LogP contribution in [0.3, 0.4) is 0 Å². The van der Waals surface area contributed by atoms with Crippen LogP contribution in [0.4, 0.5) is 16.2 Å². The Morgan fingerprint density at radius 1 is 0.840 bits per heavy atom. The number of halogens is 1. The van der Waals surface area contributed by atoms with Crippen LogP contribution in [0.2, 0.25) is 5.02 Å². The van der Waals surface area contributed by atoms with Crippen molar-refractivity contribution in [2.24, 2.45) is 0 Å². The van der Waals surface area contributed by atoms with Crippen LogP contribution in [0.1, 0.15) is 0 Å². The van der Waals surface area contributed by atoms with E-state index in [0.29, 0.717) is 39.4 Å². The van der Waals surface area contributed by atoms with Crippen molar-refractivity contribution >= 4 is 29.0 Å². The summed E-state index contributed by atoms with van der Waals surface area (Å²) in [5.74, 6) is 1.78. The average molecular weight is 367 g/mol. The van der Waals surface area contributed by atoms with E-state index in [0.717, 1.165) is 0 Å². The minimum Gasteiger partial charge on any atom is -0.495 e. The zero-order chi connectivity index (χ0) is 18.4. The number of hydrogen-bond donors (Lipinski definition) is 2. The number of urea groups is 1. The first-order chi connectivity index (χ1) is 12.0. The van der Waals surface area contributed by atoms with Crippen LogP contribution in [-0.2, 0) is 0 Å². The molecule has 0 aliphatic heterocycles. The predicted octanol–water partition coefficient (Wildman–Crippen LogP) is 4.02. The normalized spacial score (nSPS) is 9.96. The standard InChI is InChI=1S/C17H19ClN2O5/c1-22-13-6-5-10(18)7-12(13)20-17(21)19-11-8-14(23-2)16(25-4)15(9-11)24-3/h5-9H,1-4H3,(H2,19,20,21). The van der Waals surface area contributed by atoms with Gasteiger partial charge in [-0.15, -0.1) is 0 Å². The highest BCUT2D eigenvalue weighted by atomic mass is 35.5. The number of carbonyl (C=O) groups excluding carboxylic acids is 1. The lowest BCUT2D eigenvalue weighted by Gasteiger charge is -2.15. The van der Waals surface area contributed by atoms with Gasteiger partial charge >= 0.3 is 6.03 Å². The summed E-state index contributed by atoms with van der Waals surface area (Å²) in [7, 11) is 6.01. The van der Waals surface area contributed by atoms with Gasteiger partial charge in [0.25, 0.3) is 0 Å². The Bertz CT molecular complexity index is 742.